The number of benzene rings is 1. The Morgan fingerprint density at radius 1 is 1.32 bits per heavy atom. The minimum atomic E-state index is 0.625. The molecule has 3 nitrogen and oxygen atoms in total. The van der Waals surface area contributed by atoms with Crippen LogP contribution in [0.25, 0.3) is 0 Å². The molecular formula is C16H24N2O. The first kappa shape index (κ1) is 12.9. The average Bonchev–Trinajstić information content (AvgIpc) is 3.21. The van der Waals surface area contributed by atoms with E-state index in [4.69, 9.17) is 4.74 Å². The zero-order valence-electron chi connectivity index (χ0n) is 11.9. The average molecular weight is 260 g/mol. The van der Waals surface area contributed by atoms with Crippen LogP contribution in [0.5, 0.6) is 5.75 Å². The van der Waals surface area contributed by atoms with Crippen molar-refractivity contribution < 1.29 is 4.74 Å². The fourth-order valence-corrected chi connectivity index (χ4v) is 3.22. The Kier molecular flexibility index (Phi) is 3.76. The number of likely N-dealkylation sites (tertiary alicyclic amines) is 1. The van der Waals surface area contributed by atoms with Gasteiger partial charge in [-0.25, -0.2) is 0 Å². The van der Waals surface area contributed by atoms with Gasteiger partial charge >= 0.3 is 0 Å². The summed E-state index contributed by atoms with van der Waals surface area (Å²) in [5.41, 5.74) is 1.25. The van der Waals surface area contributed by atoms with E-state index in [-0.39, 0.29) is 0 Å². The lowest BCUT2D eigenvalue weighted by molar-refractivity contribution is 0.255. The monoisotopic (exact) mass is 260 g/mol. The van der Waals surface area contributed by atoms with Crippen molar-refractivity contribution in [3.63, 3.8) is 0 Å². The molecule has 0 radical (unpaired) electrons. The molecule has 1 N–H and O–H groups in total. The molecule has 1 saturated carbocycles. The van der Waals surface area contributed by atoms with Crippen LogP contribution in [0.15, 0.2) is 24.3 Å². The van der Waals surface area contributed by atoms with Crippen molar-refractivity contribution in [2.75, 3.05) is 13.7 Å². The summed E-state index contributed by atoms with van der Waals surface area (Å²) in [6.45, 7) is 4.48. The number of nitrogens with zero attached hydrogens (tertiary/aromatic N) is 1. The largest absolute Gasteiger partial charge is 0.496 e. The zero-order chi connectivity index (χ0) is 13.2. The molecule has 2 atom stereocenters. The van der Waals surface area contributed by atoms with E-state index in [1.165, 1.54) is 31.4 Å². The number of nitrogens with one attached hydrogen (secondary N) is 1. The van der Waals surface area contributed by atoms with E-state index in [0.717, 1.165) is 24.4 Å². The molecule has 19 heavy (non-hydrogen) atoms. The van der Waals surface area contributed by atoms with E-state index in [1.54, 1.807) is 7.11 Å². The lowest BCUT2D eigenvalue weighted by atomic mass is 10.1. The van der Waals surface area contributed by atoms with Crippen molar-refractivity contribution in [2.24, 2.45) is 0 Å². The lowest BCUT2D eigenvalue weighted by Gasteiger charge is -2.20. The summed E-state index contributed by atoms with van der Waals surface area (Å²) in [6, 6.07) is 10.5. The Balaban J connectivity index is 1.55. The first-order valence-electron chi connectivity index (χ1n) is 7.39. The van der Waals surface area contributed by atoms with E-state index < -0.39 is 0 Å². The molecule has 0 amide bonds. The summed E-state index contributed by atoms with van der Waals surface area (Å²) in [7, 11) is 1.74. The fraction of sp³-hybridized carbons (Fsp3) is 0.625. The van der Waals surface area contributed by atoms with Gasteiger partial charge in [0, 0.05) is 36.8 Å². The molecule has 1 aromatic carbocycles. The highest BCUT2D eigenvalue weighted by Crippen LogP contribution is 2.33. The highest BCUT2D eigenvalue weighted by molar-refractivity contribution is 5.33. The van der Waals surface area contributed by atoms with Gasteiger partial charge in [0.15, 0.2) is 0 Å². The summed E-state index contributed by atoms with van der Waals surface area (Å²) in [4.78, 5) is 2.68. The Morgan fingerprint density at radius 3 is 2.84 bits per heavy atom. The Bertz CT molecular complexity index is 431. The molecule has 1 aliphatic carbocycles. The second-order valence-corrected chi connectivity index (χ2v) is 5.90. The molecule has 0 aromatic heterocycles. The number of hydrogen-bond acceptors (Lipinski definition) is 3. The maximum atomic E-state index is 5.40. The molecule has 1 heterocycles. The van der Waals surface area contributed by atoms with E-state index in [1.807, 2.05) is 12.1 Å². The Morgan fingerprint density at radius 2 is 2.11 bits per heavy atom. The second-order valence-electron chi connectivity index (χ2n) is 5.90. The molecule has 104 valence electrons. The first-order chi connectivity index (χ1) is 9.28. The van der Waals surface area contributed by atoms with Gasteiger partial charge < -0.3 is 10.1 Å². The number of ether oxygens (including phenoxy) is 1. The molecule has 3 heteroatoms. The van der Waals surface area contributed by atoms with Gasteiger partial charge in [-0.05, 0) is 32.3 Å². The molecule has 0 unspecified atom stereocenters. The van der Waals surface area contributed by atoms with E-state index in [9.17, 15) is 0 Å². The van der Waals surface area contributed by atoms with Gasteiger partial charge in [-0.3, -0.25) is 4.90 Å². The van der Waals surface area contributed by atoms with Gasteiger partial charge in [-0.15, -0.1) is 0 Å². The van der Waals surface area contributed by atoms with Crippen molar-refractivity contribution in [2.45, 2.75) is 50.9 Å². The van der Waals surface area contributed by atoms with Gasteiger partial charge in [0.1, 0.15) is 5.75 Å². The topological polar surface area (TPSA) is 24.5 Å². The third-order valence-electron chi connectivity index (χ3n) is 4.41. The maximum Gasteiger partial charge on any atom is 0.123 e. The third kappa shape index (κ3) is 2.93. The molecule has 2 aliphatic rings. The predicted molar refractivity (Wildman–Crippen MR) is 77.4 cm³/mol. The number of para-hydroxylation sites is 1. The Hall–Kier alpha value is -1.06. The number of methoxy groups -OCH3 is 1. The molecule has 2 fully saturated rings. The highest BCUT2D eigenvalue weighted by atomic mass is 16.5. The van der Waals surface area contributed by atoms with Crippen molar-refractivity contribution >= 4 is 0 Å². The summed E-state index contributed by atoms with van der Waals surface area (Å²) in [5, 5.41) is 3.69. The van der Waals surface area contributed by atoms with Crippen LogP contribution in [0.4, 0.5) is 0 Å². The predicted octanol–water partition coefficient (Wildman–Crippen LogP) is 2.41. The number of hydrogen-bond donors (Lipinski definition) is 1. The van der Waals surface area contributed by atoms with Crippen molar-refractivity contribution in [1.82, 2.24) is 10.2 Å². The molecule has 1 aromatic rings. The second kappa shape index (κ2) is 5.51. The molecule has 1 saturated heterocycles. The van der Waals surface area contributed by atoms with Crippen LogP contribution in [0.2, 0.25) is 0 Å². The summed E-state index contributed by atoms with van der Waals surface area (Å²) < 4.78 is 5.40. The van der Waals surface area contributed by atoms with E-state index in [0.29, 0.717) is 6.04 Å². The third-order valence-corrected chi connectivity index (χ3v) is 4.41. The standard InChI is InChI=1S/C16H24N2O/c1-12-9-14(11-18(12)15-7-8-15)17-10-13-5-3-4-6-16(13)19-2/h3-6,12,14-15,17H,7-11H2,1-2H3/t12-,14+/m0/s1. The van der Waals surface area contributed by atoms with E-state index >= 15 is 0 Å². The smallest absolute Gasteiger partial charge is 0.123 e. The first-order valence-corrected chi connectivity index (χ1v) is 7.39. The van der Waals surface area contributed by atoms with Gasteiger partial charge in [0.25, 0.3) is 0 Å². The van der Waals surface area contributed by atoms with Crippen molar-refractivity contribution in [1.29, 1.82) is 0 Å². The van der Waals surface area contributed by atoms with Crippen LogP contribution in [-0.4, -0.2) is 36.7 Å². The fourth-order valence-electron chi connectivity index (χ4n) is 3.22. The van der Waals surface area contributed by atoms with E-state index in [2.05, 4.69) is 29.3 Å². The number of rotatable bonds is 5. The zero-order valence-corrected chi connectivity index (χ0v) is 11.9. The lowest BCUT2D eigenvalue weighted by Crippen LogP contribution is -2.33. The summed E-state index contributed by atoms with van der Waals surface area (Å²) >= 11 is 0. The normalized spacial score (nSPS) is 27.7. The van der Waals surface area contributed by atoms with Crippen LogP contribution >= 0.6 is 0 Å². The van der Waals surface area contributed by atoms with Crippen molar-refractivity contribution in [3.05, 3.63) is 29.8 Å². The van der Waals surface area contributed by atoms with Crippen LogP contribution in [0.3, 0.4) is 0 Å². The van der Waals surface area contributed by atoms with Gasteiger partial charge in [-0.2, -0.15) is 0 Å². The molecule has 1 aliphatic heterocycles. The molecule has 3 rings (SSSR count). The van der Waals surface area contributed by atoms with Gasteiger partial charge in [0.05, 0.1) is 7.11 Å². The van der Waals surface area contributed by atoms with Crippen LogP contribution in [-0.2, 0) is 6.54 Å². The van der Waals surface area contributed by atoms with Crippen molar-refractivity contribution in [3.8, 4) is 5.75 Å². The Labute approximate surface area is 115 Å². The maximum absolute atomic E-state index is 5.40. The van der Waals surface area contributed by atoms with Crippen LogP contribution in [0, 0.1) is 0 Å². The molecule has 0 spiro atoms. The molecule has 0 bridgehead atoms. The highest BCUT2D eigenvalue weighted by Gasteiger charge is 2.38. The van der Waals surface area contributed by atoms with Crippen LogP contribution < -0.4 is 10.1 Å². The SMILES string of the molecule is COc1ccccc1CN[C@@H]1C[C@H](C)N(C2CC2)C1. The van der Waals surface area contributed by atoms with Gasteiger partial charge in [-0.1, -0.05) is 18.2 Å². The summed E-state index contributed by atoms with van der Waals surface area (Å²) in [6.07, 6.45) is 4.08. The van der Waals surface area contributed by atoms with Crippen LogP contribution in [0.1, 0.15) is 31.7 Å². The minimum Gasteiger partial charge on any atom is -0.496 e. The molecular weight excluding hydrogens is 236 g/mol. The summed E-state index contributed by atoms with van der Waals surface area (Å²) in [5.74, 6) is 0.986. The minimum absolute atomic E-state index is 0.625. The quantitative estimate of drug-likeness (QED) is 0.880. The van der Waals surface area contributed by atoms with Gasteiger partial charge in [0.2, 0.25) is 0 Å².